The molecule has 0 aliphatic carbocycles. The fourth-order valence-electron chi connectivity index (χ4n) is 6.38. The number of carbonyl (C=O) groups excluding carboxylic acids is 1. The highest BCUT2D eigenvalue weighted by Crippen LogP contribution is 2.38. The molecule has 0 aliphatic rings. The molecule has 0 spiro atoms. The van der Waals surface area contributed by atoms with Crippen molar-refractivity contribution in [3.63, 3.8) is 0 Å². The number of quaternary nitrogens is 1. The third-order valence-corrected chi connectivity index (χ3v) is 10.9. The highest BCUT2D eigenvalue weighted by atomic mass is 31.2. The average Bonchev–Trinajstić information content (AvgIpc) is 3.15. The number of phosphoric acid groups is 1. The van der Waals surface area contributed by atoms with Crippen molar-refractivity contribution in [1.29, 1.82) is 0 Å². The summed E-state index contributed by atoms with van der Waals surface area (Å²) in [5.41, 5.74) is 0. The molecule has 0 N–H and O–H groups in total. The number of unbranched alkanes of at least 4 members (excludes halogenated alkanes) is 23. The Labute approximate surface area is 346 Å². The summed E-state index contributed by atoms with van der Waals surface area (Å²) in [4.78, 5) is 25.1. The van der Waals surface area contributed by atoms with Crippen LogP contribution in [0.3, 0.4) is 0 Å². The van der Waals surface area contributed by atoms with Gasteiger partial charge in [0.1, 0.15) is 19.3 Å². The Bertz CT molecular complexity index is 994. The number of allylic oxidation sites excluding steroid dienone is 6. The standard InChI is InChI=1S/C47H90NO7P/c1-6-8-10-12-14-16-18-20-22-24-26-28-30-32-34-36-38-40-47(49)55-46(45-54-56(50,51)53-43-41-48(3,4)5)44-52-42-39-37-35-33-31-29-27-25-23-21-19-17-15-13-11-9-7-2/h8,10,14,16,20,22,46H,6-7,9,11-13,15,17-19,21,23-45H2,1-5H3/b10-8-,16-14-,22-20-. The molecule has 0 aliphatic heterocycles. The molecule has 0 radical (unpaired) electrons. The first-order valence-corrected chi connectivity index (χ1v) is 24.7. The summed E-state index contributed by atoms with van der Waals surface area (Å²) in [6, 6.07) is 0. The van der Waals surface area contributed by atoms with Crippen LogP contribution in [0.2, 0.25) is 0 Å². The van der Waals surface area contributed by atoms with Crippen molar-refractivity contribution in [1.82, 2.24) is 0 Å². The summed E-state index contributed by atoms with van der Waals surface area (Å²) in [5, 5.41) is 0. The topological polar surface area (TPSA) is 94.1 Å². The molecule has 0 amide bonds. The molecule has 0 aromatic heterocycles. The monoisotopic (exact) mass is 812 g/mol. The van der Waals surface area contributed by atoms with Crippen molar-refractivity contribution in [3.05, 3.63) is 36.5 Å². The van der Waals surface area contributed by atoms with Gasteiger partial charge in [-0.1, -0.05) is 185 Å². The van der Waals surface area contributed by atoms with E-state index in [0.717, 1.165) is 57.8 Å². The predicted molar refractivity (Wildman–Crippen MR) is 236 cm³/mol. The first-order chi connectivity index (χ1) is 27.1. The lowest BCUT2D eigenvalue weighted by atomic mass is 10.0. The molecule has 2 atom stereocenters. The van der Waals surface area contributed by atoms with Crippen molar-refractivity contribution < 1.29 is 37.3 Å². The summed E-state index contributed by atoms with van der Waals surface area (Å²) in [7, 11) is 1.35. The largest absolute Gasteiger partial charge is 0.756 e. The van der Waals surface area contributed by atoms with E-state index in [9.17, 15) is 14.3 Å². The zero-order valence-corrected chi connectivity index (χ0v) is 38.2. The number of ether oxygens (including phenoxy) is 2. The lowest BCUT2D eigenvalue weighted by Crippen LogP contribution is -2.37. The van der Waals surface area contributed by atoms with Crippen molar-refractivity contribution in [2.75, 3.05) is 54.1 Å². The minimum Gasteiger partial charge on any atom is -0.756 e. The number of carbonyl (C=O) groups is 1. The second kappa shape index (κ2) is 40.5. The van der Waals surface area contributed by atoms with Gasteiger partial charge in [-0.15, -0.1) is 0 Å². The molecule has 56 heavy (non-hydrogen) atoms. The molecular weight excluding hydrogens is 721 g/mol. The normalized spacial score (nSPS) is 14.0. The third kappa shape index (κ3) is 43.8. The molecule has 0 bridgehead atoms. The number of nitrogens with zero attached hydrogens (tertiary/aromatic N) is 1. The Morgan fingerprint density at radius 2 is 1.04 bits per heavy atom. The highest BCUT2D eigenvalue weighted by molar-refractivity contribution is 7.45. The van der Waals surface area contributed by atoms with Crippen LogP contribution in [0.25, 0.3) is 0 Å². The molecule has 2 unspecified atom stereocenters. The van der Waals surface area contributed by atoms with E-state index in [-0.39, 0.29) is 25.8 Å². The van der Waals surface area contributed by atoms with E-state index >= 15 is 0 Å². The SMILES string of the molecule is CC/C=C\C/C=C\C/C=C\CCCCCCCCCC(=O)OC(COCCCCCCCCCCCCCCCCCCC)COP(=O)([O-])OCC[N+](C)(C)C. The Hall–Kier alpha value is -1.28. The van der Waals surface area contributed by atoms with Crippen molar-refractivity contribution in [3.8, 4) is 0 Å². The molecule has 330 valence electrons. The molecule has 0 rings (SSSR count). The van der Waals surface area contributed by atoms with Gasteiger partial charge >= 0.3 is 5.97 Å². The second-order valence-corrected chi connectivity index (χ2v) is 18.2. The minimum absolute atomic E-state index is 0.0248. The fourth-order valence-corrected chi connectivity index (χ4v) is 7.11. The van der Waals surface area contributed by atoms with Crippen LogP contribution in [0.15, 0.2) is 36.5 Å². The molecule has 0 heterocycles. The van der Waals surface area contributed by atoms with Gasteiger partial charge in [-0.25, -0.2) is 0 Å². The molecule has 0 fully saturated rings. The van der Waals surface area contributed by atoms with Crippen LogP contribution in [0.4, 0.5) is 0 Å². The van der Waals surface area contributed by atoms with Crippen LogP contribution in [0.5, 0.6) is 0 Å². The quantitative estimate of drug-likeness (QED) is 0.0199. The number of esters is 1. The molecule has 8 nitrogen and oxygen atoms in total. The van der Waals surface area contributed by atoms with Crippen molar-refractivity contribution >= 4 is 13.8 Å². The lowest BCUT2D eigenvalue weighted by Gasteiger charge is -2.28. The first-order valence-electron chi connectivity index (χ1n) is 23.2. The molecule has 0 aromatic carbocycles. The van der Waals surface area contributed by atoms with E-state index < -0.39 is 13.9 Å². The molecule has 0 aromatic rings. The van der Waals surface area contributed by atoms with E-state index in [2.05, 4.69) is 50.3 Å². The zero-order chi connectivity index (χ0) is 41.3. The van der Waals surface area contributed by atoms with Gasteiger partial charge in [-0.05, 0) is 44.9 Å². The Kier molecular flexibility index (Phi) is 39.6. The summed E-state index contributed by atoms with van der Waals surface area (Å²) < 4.78 is 34.6. The van der Waals surface area contributed by atoms with E-state index in [4.69, 9.17) is 18.5 Å². The summed E-state index contributed by atoms with van der Waals surface area (Å²) in [6.45, 7) is 5.32. The van der Waals surface area contributed by atoms with E-state index in [1.807, 2.05) is 21.1 Å². The summed E-state index contributed by atoms with van der Waals surface area (Å²) in [6.07, 6.45) is 47.2. The summed E-state index contributed by atoms with van der Waals surface area (Å²) >= 11 is 0. The third-order valence-electron chi connectivity index (χ3n) is 9.96. The maximum Gasteiger partial charge on any atom is 0.306 e. The van der Waals surface area contributed by atoms with Gasteiger partial charge in [-0.2, -0.15) is 0 Å². The molecule has 0 saturated carbocycles. The van der Waals surface area contributed by atoms with E-state index in [0.29, 0.717) is 24.1 Å². The second-order valence-electron chi connectivity index (χ2n) is 16.7. The van der Waals surface area contributed by atoms with Gasteiger partial charge in [-0.3, -0.25) is 9.36 Å². The summed E-state index contributed by atoms with van der Waals surface area (Å²) in [5.74, 6) is -0.342. The van der Waals surface area contributed by atoms with Crippen LogP contribution >= 0.6 is 7.82 Å². The maximum absolute atomic E-state index is 12.7. The Morgan fingerprint density at radius 3 is 1.55 bits per heavy atom. The van der Waals surface area contributed by atoms with Gasteiger partial charge in [0.25, 0.3) is 7.82 Å². The fraction of sp³-hybridized carbons (Fsp3) is 0.851. The van der Waals surface area contributed by atoms with Crippen LogP contribution in [-0.2, 0) is 27.9 Å². The van der Waals surface area contributed by atoms with E-state index in [1.54, 1.807) is 0 Å². The smallest absolute Gasteiger partial charge is 0.306 e. The van der Waals surface area contributed by atoms with Crippen LogP contribution in [0, 0.1) is 0 Å². The van der Waals surface area contributed by atoms with Crippen LogP contribution in [-0.4, -0.2) is 70.7 Å². The highest BCUT2D eigenvalue weighted by Gasteiger charge is 2.20. The maximum atomic E-state index is 12.7. The van der Waals surface area contributed by atoms with Crippen LogP contribution in [0.1, 0.15) is 200 Å². The zero-order valence-electron chi connectivity index (χ0n) is 37.3. The van der Waals surface area contributed by atoms with Crippen molar-refractivity contribution in [2.24, 2.45) is 0 Å². The number of phosphoric ester groups is 1. The Morgan fingerprint density at radius 1 is 0.571 bits per heavy atom. The minimum atomic E-state index is -4.53. The first kappa shape index (κ1) is 54.7. The number of hydrogen-bond acceptors (Lipinski definition) is 7. The van der Waals surface area contributed by atoms with Crippen LogP contribution < -0.4 is 4.89 Å². The lowest BCUT2D eigenvalue weighted by molar-refractivity contribution is -0.870. The van der Waals surface area contributed by atoms with Gasteiger partial charge in [0.2, 0.25) is 0 Å². The number of hydrogen-bond donors (Lipinski definition) is 0. The van der Waals surface area contributed by atoms with Gasteiger partial charge in [0, 0.05) is 13.0 Å². The average molecular weight is 812 g/mol. The number of likely N-dealkylation sites (N-methyl/N-ethyl adjacent to an activating group) is 1. The molecule has 9 heteroatoms. The van der Waals surface area contributed by atoms with E-state index in [1.165, 1.54) is 122 Å². The predicted octanol–water partition coefficient (Wildman–Crippen LogP) is 13.1. The Balaban J connectivity index is 4.20. The van der Waals surface area contributed by atoms with Crippen molar-refractivity contribution in [2.45, 2.75) is 206 Å². The van der Waals surface area contributed by atoms with Gasteiger partial charge in [0.15, 0.2) is 0 Å². The number of rotatable bonds is 43. The van der Waals surface area contributed by atoms with Gasteiger partial charge < -0.3 is 27.9 Å². The molecule has 0 saturated heterocycles. The van der Waals surface area contributed by atoms with Gasteiger partial charge in [0.05, 0.1) is 34.4 Å². The molecular formula is C47H90NO7P.